The molecule has 3 heterocycles. The van der Waals surface area contributed by atoms with Gasteiger partial charge < -0.3 is 19.4 Å². The van der Waals surface area contributed by atoms with Crippen molar-refractivity contribution < 1.29 is 14.3 Å². The van der Waals surface area contributed by atoms with Crippen molar-refractivity contribution >= 4 is 16.7 Å². The molecule has 152 valence electrons. The van der Waals surface area contributed by atoms with Crippen molar-refractivity contribution in [2.45, 2.75) is 26.2 Å². The summed E-state index contributed by atoms with van der Waals surface area (Å²) in [4.78, 5) is 19.7. The number of ether oxygens (including phenoxy) is 2. The first-order chi connectivity index (χ1) is 13.5. The molecule has 0 unspecified atom stereocenters. The molecule has 2 aliphatic rings. The number of rotatable bonds is 6. The van der Waals surface area contributed by atoms with Gasteiger partial charge in [0.05, 0.1) is 12.8 Å². The Labute approximate surface area is 166 Å². The van der Waals surface area contributed by atoms with E-state index in [0.717, 1.165) is 23.2 Å². The first-order valence-electron chi connectivity index (χ1n) is 10.2. The molecule has 1 aromatic carbocycles. The Balaban J connectivity index is 1.37. The zero-order valence-electron chi connectivity index (χ0n) is 17.2. The Bertz CT molecular complexity index is 852. The van der Waals surface area contributed by atoms with Crippen LogP contribution in [0.5, 0.6) is 11.5 Å². The molecule has 4 rings (SSSR count). The minimum Gasteiger partial charge on any atom is -0.493 e. The van der Waals surface area contributed by atoms with Crippen LogP contribution in [0, 0.1) is 5.41 Å². The lowest BCUT2D eigenvalue weighted by Gasteiger charge is -2.37. The van der Waals surface area contributed by atoms with E-state index in [4.69, 9.17) is 9.47 Å². The second-order valence-corrected chi connectivity index (χ2v) is 8.51. The van der Waals surface area contributed by atoms with Crippen LogP contribution < -0.4 is 9.47 Å². The number of aromatic nitrogens is 1. The zero-order chi connectivity index (χ0) is 19.7. The average molecular weight is 386 g/mol. The minimum atomic E-state index is 0.0227. The molecule has 0 radical (unpaired) electrons. The van der Waals surface area contributed by atoms with Crippen LogP contribution in [0.2, 0.25) is 0 Å². The molecule has 0 atom stereocenters. The lowest BCUT2D eigenvalue weighted by molar-refractivity contribution is 0.101. The molecule has 2 aliphatic heterocycles. The first kappa shape index (κ1) is 19.3. The van der Waals surface area contributed by atoms with Gasteiger partial charge in [-0.3, -0.25) is 9.69 Å². The predicted octanol–water partition coefficient (Wildman–Crippen LogP) is 3.18. The number of hydrogen-bond acceptors (Lipinski definition) is 5. The number of fused-ring (bicyclic) bond motifs is 1. The van der Waals surface area contributed by atoms with Gasteiger partial charge >= 0.3 is 0 Å². The lowest BCUT2D eigenvalue weighted by atomic mass is 9.78. The largest absolute Gasteiger partial charge is 0.493 e. The Kier molecular flexibility index (Phi) is 5.34. The number of methoxy groups -OCH3 is 1. The Hall–Kier alpha value is -2.05. The van der Waals surface area contributed by atoms with Gasteiger partial charge in [0.25, 0.3) is 0 Å². The Morgan fingerprint density at radius 2 is 1.89 bits per heavy atom. The second kappa shape index (κ2) is 7.76. The highest BCUT2D eigenvalue weighted by Gasteiger charge is 2.39. The van der Waals surface area contributed by atoms with Crippen molar-refractivity contribution in [3.05, 3.63) is 23.9 Å². The Morgan fingerprint density at radius 3 is 2.61 bits per heavy atom. The first-order valence-corrected chi connectivity index (χ1v) is 10.2. The Morgan fingerprint density at radius 1 is 1.14 bits per heavy atom. The number of benzene rings is 1. The number of nitrogens with zero attached hydrogens (tertiary/aromatic N) is 2. The maximum atomic E-state index is 11.6. The molecule has 0 saturated carbocycles. The van der Waals surface area contributed by atoms with Crippen LogP contribution in [0.15, 0.2) is 18.2 Å². The number of carbonyl (C=O) groups excluding carboxylic acids is 1. The van der Waals surface area contributed by atoms with Crippen LogP contribution in [0.3, 0.4) is 0 Å². The van der Waals surface area contributed by atoms with E-state index in [1.54, 1.807) is 14.0 Å². The van der Waals surface area contributed by atoms with Gasteiger partial charge in [0.1, 0.15) is 6.61 Å². The van der Waals surface area contributed by atoms with E-state index in [0.29, 0.717) is 23.5 Å². The number of likely N-dealkylation sites (tertiary alicyclic amines) is 2. The quantitative estimate of drug-likeness (QED) is 0.774. The van der Waals surface area contributed by atoms with E-state index >= 15 is 0 Å². The fourth-order valence-electron chi connectivity index (χ4n) is 4.61. The standard InChI is InChI=1S/C22H31N3O3/c1-16(26)18-12-17-13-21(20(27-3)14-19(17)23-18)28-11-10-25-9-6-22(15-25)4-7-24(2)8-5-22/h12-14,23H,4-11,15H2,1-3H3. The molecule has 1 N–H and O–H groups in total. The second-order valence-electron chi connectivity index (χ2n) is 8.51. The third-order valence-electron chi connectivity index (χ3n) is 6.51. The van der Waals surface area contributed by atoms with Gasteiger partial charge in [-0.1, -0.05) is 0 Å². The average Bonchev–Trinajstić information content (AvgIpc) is 3.28. The zero-order valence-corrected chi connectivity index (χ0v) is 17.2. The maximum absolute atomic E-state index is 11.6. The SMILES string of the molecule is COc1cc2[nH]c(C(C)=O)cc2cc1OCCN1CCC2(CCN(C)CC2)C1. The van der Waals surface area contributed by atoms with Gasteiger partial charge in [-0.05, 0) is 63.5 Å². The van der Waals surface area contributed by atoms with Crippen LogP contribution in [0.4, 0.5) is 0 Å². The molecular formula is C22H31N3O3. The molecular weight excluding hydrogens is 354 g/mol. The number of H-pyrrole nitrogens is 1. The van der Waals surface area contributed by atoms with E-state index in [-0.39, 0.29) is 5.78 Å². The van der Waals surface area contributed by atoms with E-state index in [1.807, 2.05) is 18.2 Å². The molecule has 2 fully saturated rings. The molecule has 2 saturated heterocycles. The van der Waals surface area contributed by atoms with Crippen molar-refractivity contribution in [3.8, 4) is 11.5 Å². The molecule has 2 aromatic rings. The van der Waals surface area contributed by atoms with Gasteiger partial charge in [-0.25, -0.2) is 0 Å². The van der Waals surface area contributed by atoms with Crippen LogP contribution in [-0.4, -0.2) is 74.1 Å². The van der Waals surface area contributed by atoms with Gasteiger partial charge in [0, 0.05) is 37.0 Å². The van der Waals surface area contributed by atoms with Crippen LogP contribution in [-0.2, 0) is 0 Å². The molecule has 28 heavy (non-hydrogen) atoms. The van der Waals surface area contributed by atoms with Gasteiger partial charge in [-0.2, -0.15) is 0 Å². The molecule has 0 bridgehead atoms. The summed E-state index contributed by atoms with van der Waals surface area (Å²) in [7, 11) is 3.87. The number of hydrogen-bond donors (Lipinski definition) is 1. The fourth-order valence-corrected chi connectivity index (χ4v) is 4.61. The minimum absolute atomic E-state index is 0.0227. The van der Waals surface area contributed by atoms with Gasteiger partial charge in [0.15, 0.2) is 17.3 Å². The number of aromatic amines is 1. The van der Waals surface area contributed by atoms with E-state index in [2.05, 4.69) is 21.8 Å². The number of ketones is 1. The third-order valence-corrected chi connectivity index (χ3v) is 6.51. The summed E-state index contributed by atoms with van der Waals surface area (Å²) >= 11 is 0. The summed E-state index contributed by atoms with van der Waals surface area (Å²) in [6.45, 7) is 7.95. The molecule has 0 amide bonds. The summed E-state index contributed by atoms with van der Waals surface area (Å²) in [5.74, 6) is 1.45. The van der Waals surface area contributed by atoms with Gasteiger partial charge in [0.2, 0.25) is 0 Å². The summed E-state index contributed by atoms with van der Waals surface area (Å²) in [5, 5.41) is 0.965. The fraction of sp³-hybridized carbons (Fsp3) is 0.591. The highest BCUT2D eigenvalue weighted by Crippen LogP contribution is 2.40. The monoisotopic (exact) mass is 385 g/mol. The topological polar surface area (TPSA) is 57.8 Å². The number of nitrogens with one attached hydrogen (secondary N) is 1. The van der Waals surface area contributed by atoms with Crippen LogP contribution >= 0.6 is 0 Å². The normalized spacial score (nSPS) is 20.1. The summed E-state index contributed by atoms with van der Waals surface area (Å²) in [6.07, 6.45) is 3.95. The highest BCUT2D eigenvalue weighted by molar-refractivity contribution is 5.98. The van der Waals surface area contributed by atoms with Crippen molar-refractivity contribution in [2.24, 2.45) is 5.41 Å². The molecule has 1 spiro atoms. The van der Waals surface area contributed by atoms with Gasteiger partial charge in [-0.15, -0.1) is 0 Å². The highest BCUT2D eigenvalue weighted by atomic mass is 16.5. The van der Waals surface area contributed by atoms with E-state index in [1.165, 1.54) is 45.4 Å². The van der Waals surface area contributed by atoms with Crippen LogP contribution in [0.1, 0.15) is 36.7 Å². The van der Waals surface area contributed by atoms with Crippen molar-refractivity contribution in [3.63, 3.8) is 0 Å². The van der Waals surface area contributed by atoms with Crippen molar-refractivity contribution in [1.82, 2.24) is 14.8 Å². The predicted molar refractivity (Wildman–Crippen MR) is 111 cm³/mol. The summed E-state index contributed by atoms with van der Waals surface area (Å²) in [6, 6.07) is 5.73. The molecule has 1 aromatic heterocycles. The smallest absolute Gasteiger partial charge is 0.175 e. The maximum Gasteiger partial charge on any atom is 0.175 e. The number of Topliss-reactive ketones (excluding diaryl/α,β-unsaturated/α-hetero) is 1. The van der Waals surface area contributed by atoms with E-state index in [9.17, 15) is 4.79 Å². The summed E-state index contributed by atoms with van der Waals surface area (Å²) < 4.78 is 11.6. The summed E-state index contributed by atoms with van der Waals surface area (Å²) in [5.41, 5.74) is 2.02. The van der Waals surface area contributed by atoms with E-state index < -0.39 is 0 Å². The van der Waals surface area contributed by atoms with Crippen molar-refractivity contribution in [1.29, 1.82) is 0 Å². The molecule has 6 heteroatoms. The number of piperidine rings is 1. The van der Waals surface area contributed by atoms with Crippen LogP contribution in [0.25, 0.3) is 10.9 Å². The number of carbonyl (C=O) groups is 1. The van der Waals surface area contributed by atoms with Crippen molar-refractivity contribution in [2.75, 3.05) is 53.5 Å². The molecule has 6 nitrogen and oxygen atoms in total. The molecule has 0 aliphatic carbocycles. The lowest BCUT2D eigenvalue weighted by Crippen LogP contribution is -2.40. The third kappa shape index (κ3) is 3.89.